The van der Waals surface area contributed by atoms with Gasteiger partial charge in [0.2, 0.25) is 0 Å². The molecule has 1 rings (SSSR count). The van der Waals surface area contributed by atoms with Gasteiger partial charge in [-0.25, -0.2) is 0 Å². The van der Waals surface area contributed by atoms with Crippen LogP contribution in [0.5, 0.6) is 0 Å². The second kappa shape index (κ2) is 8.40. The molecule has 3 nitrogen and oxygen atoms in total. The summed E-state index contributed by atoms with van der Waals surface area (Å²) in [5.74, 6) is 1.01. The zero-order chi connectivity index (χ0) is 13.4. The van der Waals surface area contributed by atoms with E-state index < -0.39 is 16.9 Å². The van der Waals surface area contributed by atoms with Gasteiger partial charge in [-0.1, -0.05) is 44.0 Å². The Kier molecular flexibility index (Phi) is 7.16. The third kappa shape index (κ3) is 5.29. The van der Waals surface area contributed by atoms with Crippen LogP contribution in [0.2, 0.25) is 0 Å². The molecule has 2 atom stereocenters. The summed E-state index contributed by atoms with van der Waals surface area (Å²) >= 11 is 0. The number of unbranched alkanes of at least 4 members (excludes halogenated alkanes) is 2. The van der Waals surface area contributed by atoms with Gasteiger partial charge in [-0.05, 0) is 17.5 Å². The number of benzene rings is 1. The van der Waals surface area contributed by atoms with Gasteiger partial charge >= 0.3 is 0 Å². The minimum Gasteiger partial charge on any atom is -0.387 e. The molecule has 2 unspecified atom stereocenters. The zero-order valence-electron chi connectivity index (χ0n) is 11.0. The molecular weight excluding hydrogens is 246 g/mol. The summed E-state index contributed by atoms with van der Waals surface area (Å²) in [5, 5.41) is 9.99. The van der Waals surface area contributed by atoms with Gasteiger partial charge in [-0.3, -0.25) is 4.21 Å². The molecule has 0 spiro atoms. The van der Waals surface area contributed by atoms with Crippen molar-refractivity contribution < 1.29 is 9.32 Å². The normalized spacial score (nSPS) is 14.4. The number of nitrogens with two attached hydrogens (primary N) is 1. The Labute approximate surface area is 112 Å². The first-order valence-corrected chi connectivity index (χ1v) is 7.98. The van der Waals surface area contributed by atoms with E-state index in [1.54, 1.807) is 0 Å². The van der Waals surface area contributed by atoms with E-state index in [0.717, 1.165) is 30.4 Å². The first kappa shape index (κ1) is 15.3. The first-order chi connectivity index (χ1) is 8.67. The van der Waals surface area contributed by atoms with E-state index >= 15 is 0 Å². The molecule has 1 aromatic rings. The van der Waals surface area contributed by atoms with Crippen molar-refractivity contribution in [1.29, 1.82) is 0 Å². The standard InChI is InChI=1S/C14H23NO2S/c1-2-3-4-9-18(17)11-14(16)13-7-5-12(10-15)6-8-13/h5-8,14,16H,2-4,9-11,15H2,1H3. The maximum absolute atomic E-state index is 11.8. The summed E-state index contributed by atoms with van der Waals surface area (Å²) in [6, 6.07) is 7.52. The Morgan fingerprint density at radius 3 is 2.50 bits per heavy atom. The van der Waals surface area contributed by atoms with Gasteiger partial charge in [0.1, 0.15) is 0 Å². The highest BCUT2D eigenvalue weighted by molar-refractivity contribution is 7.85. The maximum atomic E-state index is 11.8. The van der Waals surface area contributed by atoms with Crippen LogP contribution in [0.3, 0.4) is 0 Å². The molecule has 0 amide bonds. The second-order valence-electron chi connectivity index (χ2n) is 4.48. The fraction of sp³-hybridized carbons (Fsp3) is 0.571. The first-order valence-electron chi connectivity index (χ1n) is 6.49. The molecular formula is C14H23NO2S. The summed E-state index contributed by atoms with van der Waals surface area (Å²) in [7, 11) is -0.934. The molecule has 0 saturated carbocycles. The molecule has 0 heterocycles. The molecule has 0 aliphatic carbocycles. The van der Waals surface area contributed by atoms with Crippen LogP contribution in [0.4, 0.5) is 0 Å². The van der Waals surface area contributed by atoms with Gasteiger partial charge in [-0.15, -0.1) is 0 Å². The molecule has 0 fully saturated rings. The van der Waals surface area contributed by atoms with E-state index in [1.807, 2.05) is 24.3 Å². The van der Waals surface area contributed by atoms with Gasteiger partial charge in [-0.2, -0.15) is 0 Å². The van der Waals surface area contributed by atoms with Crippen molar-refractivity contribution in [1.82, 2.24) is 0 Å². The maximum Gasteiger partial charge on any atom is 0.0905 e. The monoisotopic (exact) mass is 269 g/mol. The van der Waals surface area contributed by atoms with E-state index in [2.05, 4.69) is 6.92 Å². The SMILES string of the molecule is CCCCCS(=O)CC(O)c1ccc(CN)cc1. The van der Waals surface area contributed by atoms with Crippen LogP contribution in [0.15, 0.2) is 24.3 Å². The van der Waals surface area contributed by atoms with Gasteiger partial charge in [0.05, 0.1) is 11.9 Å². The fourth-order valence-electron chi connectivity index (χ4n) is 1.74. The predicted octanol–water partition coefficient (Wildman–Crippen LogP) is 2.12. The Balaban J connectivity index is 2.43. The quantitative estimate of drug-likeness (QED) is 0.711. The minimum atomic E-state index is -0.934. The molecule has 18 heavy (non-hydrogen) atoms. The van der Waals surface area contributed by atoms with Crippen molar-refractivity contribution in [2.45, 2.75) is 38.8 Å². The fourth-order valence-corrected chi connectivity index (χ4v) is 2.98. The number of rotatable bonds is 8. The van der Waals surface area contributed by atoms with Crippen LogP contribution in [-0.2, 0) is 17.3 Å². The van der Waals surface area contributed by atoms with Crippen LogP contribution in [0, 0.1) is 0 Å². The van der Waals surface area contributed by atoms with E-state index in [1.165, 1.54) is 0 Å². The number of hydrogen-bond acceptors (Lipinski definition) is 3. The summed E-state index contributed by atoms with van der Waals surface area (Å²) in [6.07, 6.45) is 2.56. The Morgan fingerprint density at radius 1 is 1.28 bits per heavy atom. The third-order valence-electron chi connectivity index (χ3n) is 2.92. The topological polar surface area (TPSA) is 63.3 Å². The minimum absolute atomic E-state index is 0.325. The lowest BCUT2D eigenvalue weighted by Gasteiger charge is -2.11. The molecule has 0 saturated heterocycles. The van der Waals surface area contributed by atoms with Crippen LogP contribution in [0.1, 0.15) is 43.4 Å². The van der Waals surface area contributed by atoms with E-state index in [9.17, 15) is 9.32 Å². The Bertz CT molecular complexity index is 365. The Hall–Kier alpha value is -0.710. The van der Waals surface area contributed by atoms with Crippen molar-refractivity contribution >= 4 is 10.8 Å². The highest BCUT2D eigenvalue weighted by atomic mass is 32.2. The molecule has 4 heteroatoms. The number of hydrogen-bond donors (Lipinski definition) is 2. The third-order valence-corrected chi connectivity index (χ3v) is 4.35. The molecule has 0 aliphatic rings. The second-order valence-corrected chi connectivity index (χ2v) is 6.10. The summed E-state index contributed by atoms with van der Waals surface area (Å²) < 4.78 is 11.8. The highest BCUT2D eigenvalue weighted by Gasteiger charge is 2.11. The van der Waals surface area contributed by atoms with Crippen LogP contribution in [0.25, 0.3) is 0 Å². The van der Waals surface area contributed by atoms with E-state index in [0.29, 0.717) is 18.1 Å². The van der Waals surface area contributed by atoms with Crippen LogP contribution in [-0.4, -0.2) is 20.8 Å². The van der Waals surface area contributed by atoms with Gasteiger partial charge in [0.15, 0.2) is 0 Å². The van der Waals surface area contributed by atoms with Crippen molar-refractivity contribution in [3.05, 3.63) is 35.4 Å². The summed E-state index contributed by atoms with van der Waals surface area (Å²) in [6.45, 7) is 2.62. The van der Waals surface area contributed by atoms with Crippen molar-refractivity contribution in [2.75, 3.05) is 11.5 Å². The van der Waals surface area contributed by atoms with E-state index in [4.69, 9.17) is 5.73 Å². The molecule has 0 radical (unpaired) electrons. The van der Waals surface area contributed by atoms with Crippen molar-refractivity contribution in [3.8, 4) is 0 Å². The molecule has 0 aromatic heterocycles. The van der Waals surface area contributed by atoms with Gasteiger partial charge in [0, 0.05) is 23.1 Å². The molecule has 1 aromatic carbocycles. The highest BCUT2D eigenvalue weighted by Crippen LogP contribution is 2.15. The summed E-state index contributed by atoms with van der Waals surface area (Å²) in [4.78, 5) is 0. The average molecular weight is 269 g/mol. The van der Waals surface area contributed by atoms with Crippen molar-refractivity contribution in [2.24, 2.45) is 5.73 Å². The molecule has 0 bridgehead atoms. The lowest BCUT2D eigenvalue weighted by atomic mass is 10.1. The number of aliphatic hydroxyl groups excluding tert-OH is 1. The van der Waals surface area contributed by atoms with Crippen LogP contribution < -0.4 is 5.73 Å². The lowest BCUT2D eigenvalue weighted by molar-refractivity contribution is 0.203. The van der Waals surface area contributed by atoms with E-state index in [-0.39, 0.29) is 0 Å². The zero-order valence-corrected chi connectivity index (χ0v) is 11.8. The average Bonchev–Trinajstić information content (AvgIpc) is 2.39. The molecule has 102 valence electrons. The molecule has 3 N–H and O–H groups in total. The summed E-state index contributed by atoms with van der Waals surface area (Å²) in [5.41, 5.74) is 7.37. The smallest absolute Gasteiger partial charge is 0.0905 e. The van der Waals surface area contributed by atoms with Gasteiger partial charge < -0.3 is 10.8 Å². The predicted molar refractivity (Wildman–Crippen MR) is 76.7 cm³/mol. The molecule has 0 aliphatic heterocycles. The number of aliphatic hydroxyl groups is 1. The van der Waals surface area contributed by atoms with Crippen LogP contribution >= 0.6 is 0 Å². The van der Waals surface area contributed by atoms with Gasteiger partial charge in [0.25, 0.3) is 0 Å². The lowest BCUT2D eigenvalue weighted by Crippen LogP contribution is -2.11. The largest absolute Gasteiger partial charge is 0.387 e. The van der Waals surface area contributed by atoms with Crippen molar-refractivity contribution in [3.63, 3.8) is 0 Å². The Morgan fingerprint density at radius 2 is 1.94 bits per heavy atom.